The van der Waals surface area contributed by atoms with E-state index >= 15 is 0 Å². The average Bonchev–Trinajstić information content (AvgIpc) is 2.49. The highest BCUT2D eigenvalue weighted by atomic mass is 127. The van der Waals surface area contributed by atoms with E-state index in [2.05, 4.69) is 90.7 Å². The molecule has 0 heterocycles. The molecule has 0 unspecified atom stereocenters. The van der Waals surface area contributed by atoms with E-state index in [0.717, 1.165) is 0 Å². The molecule has 2 heteroatoms. The lowest BCUT2D eigenvalue weighted by atomic mass is 9.74. The predicted molar refractivity (Wildman–Crippen MR) is 119 cm³/mol. The van der Waals surface area contributed by atoms with E-state index in [9.17, 15) is 0 Å². The Balaban J connectivity index is 2.32. The molecule has 0 N–H and O–H groups in total. The topological polar surface area (TPSA) is 0 Å². The van der Waals surface area contributed by atoms with Crippen molar-refractivity contribution < 1.29 is 0 Å². The highest BCUT2D eigenvalue weighted by Gasteiger charge is 2.26. The summed E-state index contributed by atoms with van der Waals surface area (Å²) in [6.45, 7) is 11.0. The van der Waals surface area contributed by atoms with Crippen LogP contribution in [0, 0.1) is 13.1 Å². The van der Waals surface area contributed by atoms with Gasteiger partial charge in [-0.1, -0.05) is 43.6 Å². The molecule has 1 aliphatic carbocycles. The molecule has 0 radical (unpaired) electrons. The van der Waals surface area contributed by atoms with Gasteiger partial charge in [-0.05, 0) is 114 Å². The SMILES string of the molecule is C=C(C)[C@@H]1CCC(C)=C[C@H]1c1cc(I)c(CCCCC)c(I)c1. The van der Waals surface area contributed by atoms with Gasteiger partial charge < -0.3 is 0 Å². The maximum atomic E-state index is 4.26. The summed E-state index contributed by atoms with van der Waals surface area (Å²) >= 11 is 5.08. The third-order valence-corrected chi connectivity index (χ3v) is 6.88. The molecule has 2 atom stereocenters. The Morgan fingerprint density at radius 3 is 2.43 bits per heavy atom. The molecule has 0 aliphatic heterocycles. The van der Waals surface area contributed by atoms with Gasteiger partial charge in [-0.2, -0.15) is 0 Å². The fourth-order valence-corrected chi connectivity index (χ4v) is 5.91. The Labute approximate surface area is 169 Å². The monoisotopic (exact) mass is 534 g/mol. The number of benzene rings is 1. The molecule has 1 aromatic carbocycles. The summed E-state index contributed by atoms with van der Waals surface area (Å²) in [4.78, 5) is 0. The molecule has 0 saturated carbocycles. The van der Waals surface area contributed by atoms with Crippen LogP contribution >= 0.6 is 45.2 Å². The van der Waals surface area contributed by atoms with Gasteiger partial charge in [-0.25, -0.2) is 0 Å². The normalized spacial score (nSPS) is 21.2. The van der Waals surface area contributed by atoms with Crippen LogP contribution in [0.4, 0.5) is 0 Å². The zero-order valence-corrected chi connectivity index (χ0v) is 18.9. The lowest BCUT2D eigenvalue weighted by molar-refractivity contribution is 0.483. The second-order valence-corrected chi connectivity index (χ2v) is 9.27. The number of hydrogen-bond acceptors (Lipinski definition) is 0. The summed E-state index contributed by atoms with van der Waals surface area (Å²) in [5.41, 5.74) is 5.89. The van der Waals surface area contributed by atoms with Gasteiger partial charge in [0.05, 0.1) is 0 Å². The standard InChI is InChI=1S/C21H28I2/c1-5-6-7-8-18-20(22)12-16(13-21(18)23)19-11-15(4)9-10-17(19)14(2)3/h11-13,17,19H,2,5-10H2,1,3-4H3/t17-,19-/m0/s1. The Morgan fingerprint density at radius 1 is 1.22 bits per heavy atom. The van der Waals surface area contributed by atoms with Crippen LogP contribution in [0.5, 0.6) is 0 Å². The van der Waals surface area contributed by atoms with E-state index in [1.807, 2.05) is 0 Å². The van der Waals surface area contributed by atoms with E-state index < -0.39 is 0 Å². The Morgan fingerprint density at radius 2 is 1.87 bits per heavy atom. The Bertz CT molecular complexity index is 575. The summed E-state index contributed by atoms with van der Waals surface area (Å²) in [5, 5.41) is 0. The maximum Gasteiger partial charge on any atom is 0.0175 e. The number of hydrogen-bond donors (Lipinski definition) is 0. The summed E-state index contributed by atoms with van der Waals surface area (Å²) in [6.07, 6.45) is 10.1. The van der Waals surface area contributed by atoms with Gasteiger partial charge in [0.25, 0.3) is 0 Å². The summed E-state index contributed by atoms with van der Waals surface area (Å²) in [6, 6.07) is 4.86. The summed E-state index contributed by atoms with van der Waals surface area (Å²) in [7, 11) is 0. The third-order valence-electron chi connectivity index (χ3n) is 4.96. The predicted octanol–water partition coefficient (Wildman–Crippen LogP) is 7.64. The first kappa shape index (κ1) is 19.5. The van der Waals surface area contributed by atoms with E-state index in [-0.39, 0.29) is 0 Å². The van der Waals surface area contributed by atoms with Crippen molar-refractivity contribution in [3.05, 3.63) is 54.2 Å². The molecular weight excluding hydrogens is 506 g/mol. The summed E-state index contributed by atoms with van der Waals surface area (Å²) in [5.74, 6) is 1.10. The minimum atomic E-state index is 0.507. The molecular formula is C21H28I2. The molecule has 23 heavy (non-hydrogen) atoms. The highest BCUT2D eigenvalue weighted by Crippen LogP contribution is 2.41. The highest BCUT2D eigenvalue weighted by molar-refractivity contribution is 14.1. The molecule has 0 amide bonds. The minimum Gasteiger partial charge on any atom is -0.0998 e. The van der Waals surface area contributed by atoms with Crippen LogP contribution in [-0.4, -0.2) is 0 Å². The van der Waals surface area contributed by atoms with Crippen molar-refractivity contribution >= 4 is 45.2 Å². The van der Waals surface area contributed by atoms with E-state index in [1.165, 1.54) is 62.4 Å². The molecule has 2 rings (SSSR count). The minimum absolute atomic E-state index is 0.507. The van der Waals surface area contributed by atoms with Gasteiger partial charge >= 0.3 is 0 Å². The van der Waals surface area contributed by atoms with Gasteiger partial charge in [0, 0.05) is 13.1 Å². The molecule has 0 spiro atoms. The van der Waals surface area contributed by atoms with Crippen LogP contribution in [-0.2, 0) is 6.42 Å². The van der Waals surface area contributed by atoms with Crippen molar-refractivity contribution in [1.82, 2.24) is 0 Å². The lowest BCUT2D eigenvalue weighted by Gasteiger charge is -2.31. The second-order valence-electron chi connectivity index (χ2n) is 6.95. The second kappa shape index (κ2) is 9.02. The first-order valence-electron chi connectivity index (χ1n) is 8.74. The maximum absolute atomic E-state index is 4.26. The quantitative estimate of drug-likeness (QED) is 0.200. The Hall–Kier alpha value is 0.160. The lowest BCUT2D eigenvalue weighted by Crippen LogP contribution is -2.17. The van der Waals surface area contributed by atoms with Crippen molar-refractivity contribution in [3.8, 4) is 0 Å². The Kier molecular flexibility index (Phi) is 7.64. The van der Waals surface area contributed by atoms with E-state index in [4.69, 9.17) is 0 Å². The number of rotatable bonds is 6. The largest absolute Gasteiger partial charge is 0.0998 e. The smallest absolute Gasteiger partial charge is 0.0175 e. The third kappa shape index (κ3) is 5.07. The van der Waals surface area contributed by atoms with Crippen molar-refractivity contribution in [2.24, 2.45) is 5.92 Å². The van der Waals surface area contributed by atoms with E-state index in [1.54, 1.807) is 5.56 Å². The average molecular weight is 534 g/mol. The number of allylic oxidation sites excluding steroid dienone is 3. The van der Waals surface area contributed by atoms with Crippen LogP contribution in [0.15, 0.2) is 35.9 Å². The van der Waals surface area contributed by atoms with Crippen LogP contribution < -0.4 is 0 Å². The fourth-order valence-electron chi connectivity index (χ4n) is 3.56. The fraction of sp³-hybridized carbons (Fsp3) is 0.524. The van der Waals surface area contributed by atoms with Crippen molar-refractivity contribution in [1.29, 1.82) is 0 Å². The molecule has 1 aliphatic rings. The molecule has 0 bridgehead atoms. The summed E-state index contributed by atoms with van der Waals surface area (Å²) < 4.78 is 2.88. The number of unbranched alkanes of at least 4 members (excludes halogenated alkanes) is 2. The molecule has 0 fully saturated rings. The molecule has 0 saturated heterocycles. The van der Waals surface area contributed by atoms with Crippen LogP contribution in [0.2, 0.25) is 0 Å². The number of halogens is 2. The van der Waals surface area contributed by atoms with Crippen LogP contribution in [0.3, 0.4) is 0 Å². The van der Waals surface area contributed by atoms with Crippen LogP contribution in [0.1, 0.15) is 69.9 Å². The van der Waals surface area contributed by atoms with Crippen molar-refractivity contribution in [3.63, 3.8) is 0 Å². The molecule has 0 nitrogen and oxygen atoms in total. The van der Waals surface area contributed by atoms with E-state index in [0.29, 0.717) is 11.8 Å². The first-order valence-corrected chi connectivity index (χ1v) is 10.9. The van der Waals surface area contributed by atoms with Crippen LogP contribution in [0.25, 0.3) is 0 Å². The first-order chi connectivity index (χ1) is 10.9. The molecule has 126 valence electrons. The van der Waals surface area contributed by atoms with Gasteiger partial charge in [0.1, 0.15) is 0 Å². The van der Waals surface area contributed by atoms with Gasteiger partial charge in [-0.3, -0.25) is 0 Å². The van der Waals surface area contributed by atoms with Crippen molar-refractivity contribution in [2.75, 3.05) is 0 Å². The molecule has 0 aromatic heterocycles. The van der Waals surface area contributed by atoms with Gasteiger partial charge in [0.2, 0.25) is 0 Å². The molecule has 1 aromatic rings. The van der Waals surface area contributed by atoms with Gasteiger partial charge in [-0.15, -0.1) is 0 Å². The van der Waals surface area contributed by atoms with Crippen molar-refractivity contribution in [2.45, 2.75) is 65.2 Å². The van der Waals surface area contributed by atoms with Gasteiger partial charge in [0.15, 0.2) is 0 Å². The zero-order chi connectivity index (χ0) is 17.0. The zero-order valence-electron chi connectivity index (χ0n) is 14.6.